The van der Waals surface area contributed by atoms with E-state index in [0.717, 1.165) is 0 Å². The maximum atomic E-state index is 12.8. The fourth-order valence-electron chi connectivity index (χ4n) is 2.61. The number of nitrogens with zero attached hydrogens (tertiary/aromatic N) is 2. The van der Waals surface area contributed by atoms with Gasteiger partial charge < -0.3 is 14.8 Å². The third-order valence-electron chi connectivity index (χ3n) is 3.93. The van der Waals surface area contributed by atoms with Crippen molar-refractivity contribution in [1.29, 1.82) is 0 Å². The van der Waals surface area contributed by atoms with Crippen LogP contribution in [0, 0.1) is 0 Å². The highest BCUT2D eigenvalue weighted by Gasteiger charge is 2.17. The second kappa shape index (κ2) is 7.79. The number of aromatic nitrogens is 2. The molecule has 7 nitrogen and oxygen atoms in total. The van der Waals surface area contributed by atoms with Crippen LogP contribution in [0.15, 0.2) is 53.3 Å². The molecule has 0 spiro atoms. The van der Waals surface area contributed by atoms with Crippen LogP contribution in [-0.2, 0) is 4.74 Å². The van der Waals surface area contributed by atoms with Crippen LogP contribution < -0.4 is 15.6 Å². The summed E-state index contributed by atoms with van der Waals surface area (Å²) in [7, 11) is 3.13. The third-order valence-corrected chi connectivity index (χ3v) is 3.93. The van der Waals surface area contributed by atoms with Gasteiger partial charge in [-0.2, -0.15) is 9.78 Å². The van der Waals surface area contributed by atoms with E-state index in [1.54, 1.807) is 62.8 Å². The maximum absolute atomic E-state index is 12.8. The summed E-state index contributed by atoms with van der Waals surface area (Å²) in [6.07, 6.45) is 0. The van der Waals surface area contributed by atoms with Crippen molar-refractivity contribution in [3.05, 3.63) is 64.6 Å². The van der Waals surface area contributed by atoms with E-state index >= 15 is 0 Å². The summed E-state index contributed by atoms with van der Waals surface area (Å²) >= 11 is 0. The Balaban J connectivity index is 2.13. The Labute approximate surface area is 150 Å². The minimum atomic E-state index is -0.361. The number of fused-ring (bicyclic) bond motifs is 1. The van der Waals surface area contributed by atoms with E-state index in [1.807, 2.05) is 0 Å². The molecule has 0 fully saturated rings. The lowest BCUT2D eigenvalue weighted by molar-refractivity contribution is 0.0932. The number of carbonyl (C=O) groups is 1. The lowest BCUT2D eigenvalue weighted by atomic mass is 10.1. The molecule has 3 rings (SSSR count). The summed E-state index contributed by atoms with van der Waals surface area (Å²) in [5.41, 5.74) is 0.443. The van der Waals surface area contributed by atoms with Gasteiger partial charge in [-0.3, -0.25) is 9.59 Å². The SMILES string of the molecule is COCCNC(=O)c1nn(-c2ccc(OC)cc2)c(=O)c2ccccc12. The predicted molar refractivity (Wildman–Crippen MR) is 98.1 cm³/mol. The Morgan fingerprint density at radius 2 is 1.77 bits per heavy atom. The fraction of sp³-hybridized carbons (Fsp3) is 0.211. The zero-order chi connectivity index (χ0) is 18.5. The fourth-order valence-corrected chi connectivity index (χ4v) is 2.61. The van der Waals surface area contributed by atoms with E-state index in [4.69, 9.17) is 9.47 Å². The van der Waals surface area contributed by atoms with E-state index in [9.17, 15) is 9.59 Å². The molecule has 134 valence electrons. The van der Waals surface area contributed by atoms with Crippen molar-refractivity contribution in [2.24, 2.45) is 0 Å². The van der Waals surface area contributed by atoms with E-state index in [1.165, 1.54) is 4.68 Å². The largest absolute Gasteiger partial charge is 0.497 e. The molecule has 0 aliphatic heterocycles. The molecular formula is C19H19N3O4. The van der Waals surface area contributed by atoms with E-state index in [0.29, 0.717) is 35.4 Å². The summed E-state index contributed by atoms with van der Waals surface area (Å²) in [5, 5.41) is 8.00. The first-order valence-corrected chi connectivity index (χ1v) is 8.09. The second-order valence-corrected chi connectivity index (χ2v) is 5.56. The number of carbonyl (C=O) groups excluding carboxylic acids is 1. The number of rotatable bonds is 6. The number of hydrogen-bond donors (Lipinski definition) is 1. The first-order valence-electron chi connectivity index (χ1n) is 8.09. The summed E-state index contributed by atoms with van der Waals surface area (Å²) in [6, 6.07) is 13.8. The van der Waals surface area contributed by atoms with Crippen molar-refractivity contribution < 1.29 is 14.3 Å². The van der Waals surface area contributed by atoms with Crippen LogP contribution in [0.25, 0.3) is 16.5 Å². The molecule has 1 amide bonds. The smallest absolute Gasteiger partial charge is 0.279 e. The first-order chi connectivity index (χ1) is 12.7. The predicted octanol–water partition coefficient (Wildman–Crippen LogP) is 1.77. The van der Waals surface area contributed by atoms with E-state index in [-0.39, 0.29) is 17.2 Å². The molecular weight excluding hydrogens is 334 g/mol. The Kier molecular flexibility index (Phi) is 5.28. The minimum Gasteiger partial charge on any atom is -0.497 e. The molecule has 7 heteroatoms. The lowest BCUT2D eigenvalue weighted by Crippen LogP contribution is -2.31. The van der Waals surface area contributed by atoms with Crippen molar-refractivity contribution in [3.63, 3.8) is 0 Å². The van der Waals surface area contributed by atoms with Crippen molar-refractivity contribution in [1.82, 2.24) is 15.1 Å². The number of amides is 1. The van der Waals surface area contributed by atoms with Gasteiger partial charge in [0.15, 0.2) is 5.69 Å². The Bertz CT molecular complexity index is 980. The first kappa shape index (κ1) is 17.6. The Hall–Kier alpha value is -3.19. The molecule has 1 heterocycles. The minimum absolute atomic E-state index is 0.187. The topological polar surface area (TPSA) is 82.4 Å². The Morgan fingerprint density at radius 1 is 1.08 bits per heavy atom. The molecule has 0 unspecified atom stereocenters. The van der Waals surface area contributed by atoms with E-state index in [2.05, 4.69) is 10.4 Å². The van der Waals surface area contributed by atoms with Crippen LogP contribution in [0.5, 0.6) is 5.75 Å². The second-order valence-electron chi connectivity index (χ2n) is 5.56. The number of ether oxygens (including phenoxy) is 2. The quantitative estimate of drug-likeness (QED) is 0.683. The van der Waals surface area contributed by atoms with Crippen LogP contribution in [0.3, 0.4) is 0 Å². The van der Waals surface area contributed by atoms with Crippen LogP contribution in [-0.4, -0.2) is 43.1 Å². The summed E-state index contributed by atoms with van der Waals surface area (Å²) < 4.78 is 11.3. The van der Waals surface area contributed by atoms with Gasteiger partial charge in [-0.05, 0) is 30.3 Å². The van der Waals surface area contributed by atoms with Gasteiger partial charge in [0.1, 0.15) is 5.75 Å². The zero-order valence-corrected chi connectivity index (χ0v) is 14.6. The van der Waals surface area contributed by atoms with Crippen molar-refractivity contribution in [3.8, 4) is 11.4 Å². The van der Waals surface area contributed by atoms with Crippen LogP contribution in [0.4, 0.5) is 0 Å². The molecule has 3 aromatic rings. The molecule has 0 radical (unpaired) electrons. The monoisotopic (exact) mass is 353 g/mol. The molecule has 26 heavy (non-hydrogen) atoms. The van der Waals surface area contributed by atoms with Gasteiger partial charge >= 0.3 is 0 Å². The standard InChI is InChI=1S/C19H19N3O4/c1-25-12-11-20-18(23)17-15-5-3-4-6-16(15)19(24)22(21-17)13-7-9-14(26-2)10-8-13/h3-10H,11-12H2,1-2H3,(H,20,23). The molecule has 0 atom stereocenters. The summed E-state index contributed by atoms with van der Waals surface area (Å²) in [4.78, 5) is 25.4. The molecule has 2 aromatic carbocycles. The lowest BCUT2D eigenvalue weighted by Gasteiger charge is -2.11. The summed E-state index contributed by atoms with van der Waals surface area (Å²) in [6.45, 7) is 0.745. The average molecular weight is 353 g/mol. The molecule has 1 N–H and O–H groups in total. The van der Waals surface area contributed by atoms with Gasteiger partial charge in [0.25, 0.3) is 11.5 Å². The van der Waals surface area contributed by atoms with Crippen molar-refractivity contribution in [2.45, 2.75) is 0 Å². The number of methoxy groups -OCH3 is 2. The van der Waals surface area contributed by atoms with Crippen LogP contribution >= 0.6 is 0 Å². The van der Waals surface area contributed by atoms with E-state index < -0.39 is 0 Å². The Morgan fingerprint density at radius 3 is 2.42 bits per heavy atom. The molecule has 0 aliphatic carbocycles. The van der Waals surface area contributed by atoms with Gasteiger partial charge in [0.05, 0.1) is 24.8 Å². The third kappa shape index (κ3) is 3.43. The van der Waals surface area contributed by atoms with Gasteiger partial charge in [0.2, 0.25) is 0 Å². The summed E-state index contributed by atoms with van der Waals surface area (Å²) in [5.74, 6) is 0.306. The highest BCUT2D eigenvalue weighted by atomic mass is 16.5. The van der Waals surface area contributed by atoms with Gasteiger partial charge in [-0.1, -0.05) is 18.2 Å². The molecule has 0 saturated carbocycles. The average Bonchev–Trinajstić information content (AvgIpc) is 2.69. The molecule has 1 aromatic heterocycles. The maximum Gasteiger partial charge on any atom is 0.279 e. The molecule has 0 aliphatic rings. The highest BCUT2D eigenvalue weighted by Crippen LogP contribution is 2.17. The molecule has 0 bridgehead atoms. The van der Waals surface area contributed by atoms with Crippen molar-refractivity contribution >= 4 is 16.7 Å². The molecule has 0 saturated heterocycles. The highest BCUT2D eigenvalue weighted by molar-refractivity contribution is 6.04. The number of hydrogen-bond acceptors (Lipinski definition) is 5. The zero-order valence-electron chi connectivity index (χ0n) is 14.6. The normalized spacial score (nSPS) is 10.7. The number of benzene rings is 2. The number of nitrogens with one attached hydrogen (secondary N) is 1. The van der Waals surface area contributed by atoms with Gasteiger partial charge in [-0.25, -0.2) is 0 Å². The van der Waals surface area contributed by atoms with Crippen molar-refractivity contribution in [2.75, 3.05) is 27.4 Å². The van der Waals surface area contributed by atoms with Crippen LogP contribution in [0.2, 0.25) is 0 Å². The van der Waals surface area contributed by atoms with Gasteiger partial charge in [-0.15, -0.1) is 0 Å². The van der Waals surface area contributed by atoms with Crippen LogP contribution in [0.1, 0.15) is 10.5 Å². The van der Waals surface area contributed by atoms with Gasteiger partial charge in [0, 0.05) is 19.0 Å².